The smallest absolute Gasteiger partial charge is 0.407 e. The van der Waals surface area contributed by atoms with Crippen molar-refractivity contribution in [3.8, 4) is 11.3 Å². The standard InChI is InChI=1S/C19H24N4O2/c20-18-5-1-4-17(22-18)15-8-6-14(7-9-15)10-11-21-16-3-2-12-23(13-16)19(24)25/h1,4-9,16,21H,2-3,10-13H2,(H2,20,22)(H,24,25). The molecule has 1 unspecified atom stereocenters. The van der Waals surface area contributed by atoms with Gasteiger partial charge in [-0.3, -0.25) is 0 Å². The molecule has 25 heavy (non-hydrogen) atoms. The van der Waals surface area contributed by atoms with Crippen molar-refractivity contribution in [1.29, 1.82) is 0 Å². The number of nitrogens with zero attached hydrogens (tertiary/aromatic N) is 2. The Bertz CT molecular complexity index is 718. The predicted molar refractivity (Wildman–Crippen MR) is 98.4 cm³/mol. The van der Waals surface area contributed by atoms with Crippen molar-refractivity contribution in [3.63, 3.8) is 0 Å². The Morgan fingerprint density at radius 3 is 2.80 bits per heavy atom. The summed E-state index contributed by atoms with van der Waals surface area (Å²) in [5, 5.41) is 12.6. The molecule has 2 aromatic rings. The number of anilines is 1. The van der Waals surface area contributed by atoms with Gasteiger partial charge in [-0.25, -0.2) is 9.78 Å². The first-order valence-electron chi connectivity index (χ1n) is 8.65. The van der Waals surface area contributed by atoms with Crippen LogP contribution in [0.1, 0.15) is 18.4 Å². The van der Waals surface area contributed by atoms with Crippen molar-refractivity contribution in [2.24, 2.45) is 0 Å². The molecule has 1 aliphatic heterocycles. The number of hydrogen-bond acceptors (Lipinski definition) is 4. The quantitative estimate of drug-likeness (QED) is 0.778. The number of nitrogens with two attached hydrogens (primary N) is 1. The summed E-state index contributed by atoms with van der Waals surface area (Å²) in [6.45, 7) is 2.07. The van der Waals surface area contributed by atoms with Gasteiger partial charge in [0, 0.05) is 24.7 Å². The van der Waals surface area contributed by atoms with Gasteiger partial charge in [0.2, 0.25) is 0 Å². The first-order valence-corrected chi connectivity index (χ1v) is 8.65. The topological polar surface area (TPSA) is 91.5 Å². The third-order valence-electron chi connectivity index (χ3n) is 4.56. The Hall–Kier alpha value is -2.60. The average Bonchev–Trinajstić information content (AvgIpc) is 2.62. The fourth-order valence-electron chi connectivity index (χ4n) is 3.19. The third kappa shape index (κ3) is 4.70. The number of piperidine rings is 1. The Kier molecular flexibility index (Phi) is 5.50. The summed E-state index contributed by atoms with van der Waals surface area (Å²) in [5.74, 6) is 0.522. The Morgan fingerprint density at radius 1 is 1.28 bits per heavy atom. The molecule has 1 fully saturated rings. The van der Waals surface area contributed by atoms with Crippen LogP contribution in [0.4, 0.5) is 10.6 Å². The minimum Gasteiger partial charge on any atom is -0.465 e. The highest BCUT2D eigenvalue weighted by molar-refractivity contribution is 5.65. The van der Waals surface area contributed by atoms with E-state index in [1.165, 1.54) is 10.5 Å². The van der Waals surface area contributed by atoms with E-state index in [9.17, 15) is 4.79 Å². The fourth-order valence-corrected chi connectivity index (χ4v) is 3.19. The third-order valence-corrected chi connectivity index (χ3v) is 4.56. The molecule has 4 N–H and O–H groups in total. The zero-order valence-electron chi connectivity index (χ0n) is 14.2. The van der Waals surface area contributed by atoms with Crippen molar-refractivity contribution < 1.29 is 9.90 Å². The number of rotatable bonds is 5. The van der Waals surface area contributed by atoms with Gasteiger partial charge in [-0.05, 0) is 43.5 Å². The molecule has 0 aliphatic carbocycles. The highest BCUT2D eigenvalue weighted by Crippen LogP contribution is 2.18. The lowest BCUT2D eigenvalue weighted by molar-refractivity contribution is 0.126. The fraction of sp³-hybridized carbons (Fsp3) is 0.368. The van der Waals surface area contributed by atoms with Crippen LogP contribution in [0.15, 0.2) is 42.5 Å². The average molecular weight is 340 g/mol. The minimum atomic E-state index is -0.822. The molecule has 0 saturated carbocycles. The number of aromatic nitrogens is 1. The van der Waals surface area contributed by atoms with E-state index in [1.54, 1.807) is 6.07 Å². The van der Waals surface area contributed by atoms with Crippen molar-refractivity contribution in [2.45, 2.75) is 25.3 Å². The van der Waals surface area contributed by atoms with E-state index in [1.807, 2.05) is 12.1 Å². The summed E-state index contributed by atoms with van der Waals surface area (Å²) < 4.78 is 0. The predicted octanol–water partition coefficient (Wildman–Crippen LogP) is 2.61. The number of likely N-dealkylation sites (tertiary alicyclic amines) is 1. The van der Waals surface area contributed by atoms with Crippen LogP contribution >= 0.6 is 0 Å². The molecule has 3 rings (SSSR count). The van der Waals surface area contributed by atoms with E-state index < -0.39 is 6.09 Å². The van der Waals surface area contributed by atoms with Gasteiger partial charge in [0.05, 0.1) is 5.69 Å². The van der Waals surface area contributed by atoms with Crippen LogP contribution in [0, 0.1) is 0 Å². The summed E-state index contributed by atoms with van der Waals surface area (Å²) in [4.78, 5) is 16.9. The molecule has 0 radical (unpaired) electrons. The summed E-state index contributed by atoms with van der Waals surface area (Å²) in [6.07, 6.45) is 2.04. The van der Waals surface area contributed by atoms with Gasteiger partial charge in [-0.2, -0.15) is 0 Å². The number of hydrogen-bond donors (Lipinski definition) is 3. The molecule has 1 aromatic carbocycles. The van der Waals surface area contributed by atoms with Gasteiger partial charge in [-0.1, -0.05) is 30.3 Å². The molecule has 1 saturated heterocycles. The first kappa shape index (κ1) is 17.2. The molecule has 1 atom stereocenters. The van der Waals surface area contributed by atoms with Gasteiger partial charge in [-0.15, -0.1) is 0 Å². The number of carbonyl (C=O) groups is 1. The second kappa shape index (κ2) is 7.98. The van der Waals surface area contributed by atoms with E-state index in [2.05, 4.69) is 34.6 Å². The maximum Gasteiger partial charge on any atom is 0.407 e. The van der Waals surface area contributed by atoms with Crippen LogP contribution in [0.3, 0.4) is 0 Å². The zero-order valence-corrected chi connectivity index (χ0v) is 14.2. The van der Waals surface area contributed by atoms with E-state index in [-0.39, 0.29) is 6.04 Å². The second-order valence-corrected chi connectivity index (χ2v) is 6.42. The lowest BCUT2D eigenvalue weighted by atomic mass is 10.0. The van der Waals surface area contributed by atoms with Crippen LogP contribution < -0.4 is 11.1 Å². The molecule has 1 aliphatic rings. The summed E-state index contributed by atoms with van der Waals surface area (Å²) in [6, 6.07) is 14.2. The number of nitrogen functional groups attached to an aromatic ring is 1. The minimum absolute atomic E-state index is 0.251. The molecular weight excluding hydrogens is 316 g/mol. The Balaban J connectivity index is 1.50. The van der Waals surface area contributed by atoms with Gasteiger partial charge >= 0.3 is 6.09 Å². The number of benzene rings is 1. The highest BCUT2D eigenvalue weighted by atomic mass is 16.4. The Morgan fingerprint density at radius 2 is 2.08 bits per heavy atom. The van der Waals surface area contributed by atoms with E-state index in [0.717, 1.165) is 37.1 Å². The maximum atomic E-state index is 11.1. The van der Waals surface area contributed by atoms with E-state index in [0.29, 0.717) is 18.9 Å². The SMILES string of the molecule is Nc1cccc(-c2ccc(CCNC3CCCN(C(=O)O)C3)cc2)n1. The van der Waals surface area contributed by atoms with Crippen molar-refractivity contribution in [2.75, 3.05) is 25.4 Å². The lowest BCUT2D eigenvalue weighted by Crippen LogP contribution is -2.47. The van der Waals surface area contributed by atoms with Crippen molar-refractivity contribution in [3.05, 3.63) is 48.0 Å². The number of nitrogens with one attached hydrogen (secondary N) is 1. The van der Waals surface area contributed by atoms with Gasteiger partial charge in [0.15, 0.2) is 0 Å². The molecule has 0 bridgehead atoms. The van der Waals surface area contributed by atoms with Gasteiger partial charge in [0.1, 0.15) is 5.82 Å². The highest BCUT2D eigenvalue weighted by Gasteiger charge is 2.22. The van der Waals surface area contributed by atoms with E-state index in [4.69, 9.17) is 10.8 Å². The molecule has 1 aromatic heterocycles. The van der Waals surface area contributed by atoms with Gasteiger partial charge < -0.3 is 21.1 Å². The number of pyridine rings is 1. The largest absolute Gasteiger partial charge is 0.465 e. The van der Waals surface area contributed by atoms with Crippen LogP contribution in [0.5, 0.6) is 0 Å². The first-order chi connectivity index (χ1) is 12.1. The van der Waals surface area contributed by atoms with Crippen LogP contribution in [-0.4, -0.2) is 46.8 Å². The molecule has 6 heteroatoms. The molecule has 132 valence electrons. The van der Waals surface area contributed by atoms with E-state index >= 15 is 0 Å². The summed E-state index contributed by atoms with van der Waals surface area (Å²) in [5.41, 5.74) is 8.90. The Labute approximate surface area is 147 Å². The molecular formula is C19H24N4O2. The number of amides is 1. The molecule has 2 heterocycles. The van der Waals surface area contributed by atoms with Gasteiger partial charge in [0.25, 0.3) is 0 Å². The van der Waals surface area contributed by atoms with Crippen molar-refractivity contribution >= 4 is 11.9 Å². The van der Waals surface area contributed by atoms with Crippen molar-refractivity contribution in [1.82, 2.24) is 15.2 Å². The summed E-state index contributed by atoms with van der Waals surface area (Å²) >= 11 is 0. The lowest BCUT2D eigenvalue weighted by Gasteiger charge is -2.31. The molecule has 6 nitrogen and oxygen atoms in total. The zero-order chi connectivity index (χ0) is 17.6. The molecule has 1 amide bonds. The number of carboxylic acid groups (broad SMARTS) is 1. The second-order valence-electron chi connectivity index (χ2n) is 6.42. The monoisotopic (exact) mass is 340 g/mol. The normalized spacial score (nSPS) is 17.4. The van der Waals surface area contributed by atoms with Crippen LogP contribution in [0.2, 0.25) is 0 Å². The summed E-state index contributed by atoms with van der Waals surface area (Å²) in [7, 11) is 0. The molecule has 0 spiro atoms. The van der Waals surface area contributed by atoms with Crippen LogP contribution in [-0.2, 0) is 6.42 Å². The maximum absolute atomic E-state index is 11.1. The van der Waals surface area contributed by atoms with Crippen LogP contribution in [0.25, 0.3) is 11.3 Å².